The predicted octanol–water partition coefficient (Wildman–Crippen LogP) is 3.86. The van der Waals surface area contributed by atoms with E-state index in [1.54, 1.807) is 6.07 Å². The molecule has 1 aromatic heterocycles. The fourth-order valence-electron chi connectivity index (χ4n) is 2.21. The fourth-order valence-corrected chi connectivity index (χ4v) is 2.21. The number of hydrogen-bond donors (Lipinski definition) is 2. The number of aromatic hydroxyl groups is 1. The van der Waals surface area contributed by atoms with Gasteiger partial charge in [-0.15, -0.1) is 0 Å². The van der Waals surface area contributed by atoms with E-state index in [9.17, 15) is 4.39 Å². The molecule has 0 radical (unpaired) electrons. The van der Waals surface area contributed by atoms with Crippen LogP contribution >= 0.6 is 0 Å². The Bertz CT molecular complexity index is 594. The van der Waals surface area contributed by atoms with Crippen molar-refractivity contribution in [3.63, 3.8) is 0 Å². The SMILES string of the molecule is CC1CC1c1ccc(CNc2ccc(O)c(F)c2)o1. The van der Waals surface area contributed by atoms with Gasteiger partial charge >= 0.3 is 0 Å². The Morgan fingerprint density at radius 2 is 2.16 bits per heavy atom. The van der Waals surface area contributed by atoms with E-state index >= 15 is 0 Å². The Morgan fingerprint density at radius 3 is 2.84 bits per heavy atom. The smallest absolute Gasteiger partial charge is 0.166 e. The Morgan fingerprint density at radius 1 is 1.37 bits per heavy atom. The largest absolute Gasteiger partial charge is 0.505 e. The van der Waals surface area contributed by atoms with Crippen LogP contribution in [0.2, 0.25) is 0 Å². The van der Waals surface area contributed by atoms with Crippen molar-refractivity contribution in [3.8, 4) is 5.75 Å². The third-order valence-electron chi connectivity index (χ3n) is 3.57. The van der Waals surface area contributed by atoms with Crippen molar-refractivity contribution in [1.29, 1.82) is 0 Å². The molecule has 0 bridgehead atoms. The highest BCUT2D eigenvalue weighted by Crippen LogP contribution is 2.47. The number of nitrogens with one attached hydrogen (secondary N) is 1. The lowest BCUT2D eigenvalue weighted by Gasteiger charge is -2.05. The highest BCUT2D eigenvalue weighted by atomic mass is 19.1. The quantitative estimate of drug-likeness (QED) is 0.821. The highest BCUT2D eigenvalue weighted by molar-refractivity contribution is 5.47. The summed E-state index contributed by atoms with van der Waals surface area (Å²) in [7, 11) is 0. The van der Waals surface area contributed by atoms with Crippen molar-refractivity contribution >= 4 is 5.69 Å². The molecule has 1 aliphatic rings. The highest BCUT2D eigenvalue weighted by Gasteiger charge is 2.36. The summed E-state index contributed by atoms with van der Waals surface area (Å²) >= 11 is 0. The van der Waals surface area contributed by atoms with E-state index in [1.807, 2.05) is 12.1 Å². The summed E-state index contributed by atoms with van der Waals surface area (Å²) in [5.41, 5.74) is 0.619. The topological polar surface area (TPSA) is 45.4 Å². The molecule has 19 heavy (non-hydrogen) atoms. The van der Waals surface area contributed by atoms with Gasteiger partial charge < -0.3 is 14.8 Å². The molecule has 0 spiro atoms. The van der Waals surface area contributed by atoms with Crippen LogP contribution in [0.1, 0.15) is 30.8 Å². The van der Waals surface area contributed by atoms with E-state index in [1.165, 1.54) is 18.6 Å². The van der Waals surface area contributed by atoms with E-state index in [4.69, 9.17) is 9.52 Å². The van der Waals surface area contributed by atoms with Gasteiger partial charge in [-0.3, -0.25) is 0 Å². The van der Waals surface area contributed by atoms with E-state index < -0.39 is 5.82 Å². The molecule has 1 aromatic carbocycles. The molecule has 2 aromatic rings. The molecule has 1 saturated carbocycles. The number of phenols is 1. The summed E-state index contributed by atoms with van der Waals surface area (Å²) in [5, 5.41) is 12.2. The third kappa shape index (κ3) is 2.57. The molecule has 3 nitrogen and oxygen atoms in total. The van der Waals surface area contributed by atoms with E-state index in [0.717, 1.165) is 17.4 Å². The molecule has 4 heteroatoms. The van der Waals surface area contributed by atoms with Crippen LogP contribution in [-0.2, 0) is 6.54 Å². The first-order valence-electron chi connectivity index (χ1n) is 6.44. The lowest BCUT2D eigenvalue weighted by Crippen LogP contribution is -1.98. The Labute approximate surface area is 111 Å². The Kier molecular flexibility index (Phi) is 2.93. The summed E-state index contributed by atoms with van der Waals surface area (Å²) in [4.78, 5) is 0. The van der Waals surface area contributed by atoms with E-state index in [-0.39, 0.29) is 5.75 Å². The second-order valence-corrected chi connectivity index (χ2v) is 5.14. The second kappa shape index (κ2) is 4.61. The van der Waals surface area contributed by atoms with Gasteiger partial charge in [0.1, 0.15) is 11.5 Å². The molecule has 100 valence electrons. The predicted molar refractivity (Wildman–Crippen MR) is 70.6 cm³/mol. The molecule has 0 amide bonds. The van der Waals surface area contributed by atoms with Gasteiger partial charge in [-0.05, 0) is 36.6 Å². The Balaban J connectivity index is 1.62. The maximum Gasteiger partial charge on any atom is 0.166 e. The van der Waals surface area contributed by atoms with Gasteiger partial charge in [-0.25, -0.2) is 4.39 Å². The molecule has 0 saturated heterocycles. The molecule has 1 fully saturated rings. The zero-order valence-corrected chi connectivity index (χ0v) is 10.7. The van der Waals surface area contributed by atoms with Gasteiger partial charge in [0, 0.05) is 17.7 Å². The number of anilines is 1. The van der Waals surface area contributed by atoms with Gasteiger partial charge in [0.25, 0.3) is 0 Å². The van der Waals surface area contributed by atoms with Gasteiger partial charge in [-0.2, -0.15) is 0 Å². The number of benzene rings is 1. The van der Waals surface area contributed by atoms with Gasteiger partial charge in [0.2, 0.25) is 0 Å². The minimum atomic E-state index is -0.628. The summed E-state index contributed by atoms with van der Waals surface area (Å²) in [6.07, 6.45) is 1.20. The van der Waals surface area contributed by atoms with Crippen LogP contribution in [0, 0.1) is 11.7 Å². The van der Waals surface area contributed by atoms with Gasteiger partial charge in [0.05, 0.1) is 6.54 Å². The fraction of sp³-hybridized carbons (Fsp3) is 0.333. The van der Waals surface area contributed by atoms with Crippen LogP contribution in [0.3, 0.4) is 0 Å². The number of halogens is 1. The zero-order chi connectivity index (χ0) is 13.4. The molecular formula is C15H16FNO2. The summed E-state index contributed by atoms with van der Waals surface area (Å²) in [6, 6.07) is 8.19. The molecule has 0 aliphatic heterocycles. The van der Waals surface area contributed by atoms with Crippen LogP contribution < -0.4 is 5.32 Å². The summed E-state index contributed by atoms with van der Waals surface area (Å²) in [6.45, 7) is 2.72. The zero-order valence-electron chi connectivity index (χ0n) is 10.7. The second-order valence-electron chi connectivity index (χ2n) is 5.14. The molecule has 2 atom stereocenters. The van der Waals surface area contributed by atoms with Gasteiger partial charge in [-0.1, -0.05) is 6.92 Å². The third-order valence-corrected chi connectivity index (χ3v) is 3.57. The van der Waals surface area contributed by atoms with Crippen LogP contribution in [0.25, 0.3) is 0 Å². The van der Waals surface area contributed by atoms with Crippen LogP contribution in [0.5, 0.6) is 5.75 Å². The summed E-state index contributed by atoms with van der Waals surface area (Å²) < 4.78 is 18.9. The van der Waals surface area contributed by atoms with Crippen LogP contribution in [0.4, 0.5) is 10.1 Å². The van der Waals surface area contributed by atoms with Crippen LogP contribution in [-0.4, -0.2) is 5.11 Å². The lowest BCUT2D eigenvalue weighted by molar-refractivity contribution is 0.432. The van der Waals surface area contributed by atoms with Crippen molar-refractivity contribution < 1.29 is 13.9 Å². The average Bonchev–Trinajstić information content (AvgIpc) is 2.94. The number of hydrogen-bond acceptors (Lipinski definition) is 3. The molecular weight excluding hydrogens is 245 g/mol. The first kappa shape index (κ1) is 12.1. The van der Waals surface area contributed by atoms with Crippen molar-refractivity contribution in [2.75, 3.05) is 5.32 Å². The molecule has 2 N–H and O–H groups in total. The van der Waals surface area contributed by atoms with Crippen LogP contribution in [0.15, 0.2) is 34.7 Å². The Hall–Kier alpha value is -1.97. The minimum Gasteiger partial charge on any atom is -0.505 e. The van der Waals surface area contributed by atoms with Crippen molar-refractivity contribution in [2.45, 2.75) is 25.8 Å². The minimum absolute atomic E-state index is 0.339. The first-order chi connectivity index (χ1) is 9.13. The number of phenolic OH excluding ortho intramolecular Hbond substituents is 1. The van der Waals surface area contributed by atoms with E-state index in [2.05, 4.69) is 12.2 Å². The van der Waals surface area contributed by atoms with Gasteiger partial charge in [0.15, 0.2) is 11.6 Å². The lowest BCUT2D eigenvalue weighted by atomic mass is 10.2. The number of rotatable bonds is 4. The van der Waals surface area contributed by atoms with Crippen molar-refractivity contribution in [3.05, 3.63) is 47.7 Å². The number of furan rings is 1. The molecule has 2 unspecified atom stereocenters. The molecule has 1 heterocycles. The first-order valence-corrected chi connectivity index (χ1v) is 6.44. The van der Waals surface area contributed by atoms with Crippen molar-refractivity contribution in [1.82, 2.24) is 0 Å². The molecule has 3 rings (SSSR count). The van der Waals surface area contributed by atoms with E-state index in [0.29, 0.717) is 18.2 Å². The van der Waals surface area contributed by atoms with Crippen molar-refractivity contribution in [2.24, 2.45) is 5.92 Å². The summed E-state index contributed by atoms with van der Waals surface area (Å²) in [5.74, 6) is 2.20. The average molecular weight is 261 g/mol. The monoisotopic (exact) mass is 261 g/mol. The normalized spacial score (nSPS) is 21.4. The maximum atomic E-state index is 13.2. The molecule has 1 aliphatic carbocycles. The standard InChI is InChI=1S/C15H16FNO2/c1-9-6-12(9)15-5-3-11(19-15)8-17-10-2-4-14(18)13(16)7-10/h2-5,7,9,12,17-18H,6,8H2,1H3. The maximum absolute atomic E-state index is 13.2.